The van der Waals surface area contributed by atoms with Gasteiger partial charge >= 0.3 is 0 Å². The monoisotopic (exact) mass is 378 g/mol. The highest BCUT2D eigenvalue weighted by molar-refractivity contribution is 6.03. The minimum Gasteiger partial charge on any atom is -0.497 e. The van der Waals surface area contributed by atoms with Crippen LogP contribution >= 0.6 is 0 Å². The lowest BCUT2D eigenvalue weighted by atomic mass is 10.1. The van der Waals surface area contributed by atoms with E-state index in [4.69, 9.17) is 9.47 Å². The molecule has 2 aromatic carbocycles. The molecule has 1 heterocycles. The SMILES string of the molecule is COc1ccc(NC(=O)c2ccc(Nc3c(C)cccc3C)nn2)c(OC)c1. The summed E-state index contributed by atoms with van der Waals surface area (Å²) >= 11 is 0. The second kappa shape index (κ2) is 8.39. The smallest absolute Gasteiger partial charge is 0.276 e. The molecule has 0 atom stereocenters. The Labute approximate surface area is 163 Å². The van der Waals surface area contributed by atoms with E-state index in [9.17, 15) is 4.79 Å². The second-order valence-electron chi connectivity index (χ2n) is 6.22. The van der Waals surface area contributed by atoms with Crippen LogP contribution in [0.5, 0.6) is 11.5 Å². The number of ether oxygens (including phenoxy) is 2. The lowest BCUT2D eigenvalue weighted by Gasteiger charge is -2.12. The minimum absolute atomic E-state index is 0.199. The molecule has 0 aliphatic heterocycles. The van der Waals surface area contributed by atoms with E-state index < -0.39 is 0 Å². The van der Waals surface area contributed by atoms with Gasteiger partial charge in [0.1, 0.15) is 11.5 Å². The number of benzene rings is 2. The summed E-state index contributed by atoms with van der Waals surface area (Å²) < 4.78 is 10.4. The highest BCUT2D eigenvalue weighted by Crippen LogP contribution is 2.29. The molecular formula is C21H22N4O3. The first kappa shape index (κ1) is 19.2. The van der Waals surface area contributed by atoms with Gasteiger partial charge in [-0.05, 0) is 49.2 Å². The molecular weight excluding hydrogens is 356 g/mol. The molecule has 0 aliphatic rings. The van der Waals surface area contributed by atoms with Crippen molar-refractivity contribution in [2.75, 3.05) is 24.9 Å². The third-order valence-electron chi connectivity index (χ3n) is 4.29. The Bertz CT molecular complexity index is 967. The van der Waals surface area contributed by atoms with Gasteiger partial charge in [-0.1, -0.05) is 18.2 Å². The number of para-hydroxylation sites is 1. The Morgan fingerprint density at radius 1 is 0.929 bits per heavy atom. The summed E-state index contributed by atoms with van der Waals surface area (Å²) in [5.41, 5.74) is 3.92. The van der Waals surface area contributed by atoms with Crippen LogP contribution in [0, 0.1) is 13.8 Å². The standard InChI is InChI=1S/C21H22N4O3/c1-13-6-5-7-14(2)20(13)23-19-11-10-17(24-25-19)21(26)22-16-9-8-15(27-3)12-18(16)28-4/h5-12H,1-4H3,(H,22,26)(H,23,25). The van der Waals surface area contributed by atoms with Crippen molar-refractivity contribution >= 4 is 23.1 Å². The van der Waals surface area contributed by atoms with Crippen molar-refractivity contribution in [1.82, 2.24) is 10.2 Å². The first-order valence-corrected chi connectivity index (χ1v) is 8.72. The van der Waals surface area contributed by atoms with Gasteiger partial charge in [0.05, 0.1) is 19.9 Å². The number of aryl methyl sites for hydroxylation is 2. The molecule has 2 N–H and O–H groups in total. The lowest BCUT2D eigenvalue weighted by Crippen LogP contribution is -2.15. The number of hydrogen-bond acceptors (Lipinski definition) is 6. The molecule has 1 aromatic heterocycles. The summed E-state index contributed by atoms with van der Waals surface area (Å²) in [6.45, 7) is 4.04. The third-order valence-corrected chi connectivity index (χ3v) is 4.29. The molecule has 0 bridgehead atoms. The number of anilines is 3. The zero-order valence-corrected chi connectivity index (χ0v) is 16.2. The topological polar surface area (TPSA) is 85.4 Å². The molecule has 0 fully saturated rings. The summed E-state index contributed by atoms with van der Waals surface area (Å²) in [6, 6.07) is 14.5. The summed E-state index contributed by atoms with van der Waals surface area (Å²) in [4.78, 5) is 12.5. The summed E-state index contributed by atoms with van der Waals surface area (Å²) in [7, 11) is 3.09. The zero-order valence-electron chi connectivity index (χ0n) is 16.2. The van der Waals surface area contributed by atoms with Crippen LogP contribution in [0.3, 0.4) is 0 Å². The molecule has 3 rings (SSSR count). The van der Waals surface area contributed by atoms with E-state index in [1.165, 1.54) is 7.11 Å². The number of carbonyl (C=O) groups is 1. The Morgan fingerprint density at radius 2 is 1.68 bits per heavy atom. The van der Waals surface area contributed by atoms with E-state index in [-0.39, 0.29) is 11.6 Å². The summed E-state index contributed by atoms with van der Waals surface area (Å²) in [5.74, 6) is 1.32. The second-order valence-corrected chi connectivity index (χ2v) is 6.22. The average molecular weight is 378 g/mol. The van der Waals surface area contributed by atoms with Crippen LogP contribution in [-0.4, -0.2) is 30.3 Å². The van der Waals surface area contributed by atoms with Gasteiger partial charge in [0, 0.05) is 11.8 Å². The van der Waals surface area contributed by atoms with E-state index >= 15 is 0 Å². The molecule has 0 radical (unpaired) electrons. The highest BCUT2D eigenvalue weighted by Gasteiger charge is 2.13. The van der Waals surface area contributed by atoms with Crippen molar-refractivity contribution in [3.05, 3.63) is 65.4 Å². The van der Waals surface area contributed by atoms with Crippen LogP contribution in [0.1, 0.15) is 21.6 Å². The van der Waals surface area contributed by atoms with Crippen LogP contribution < -0.4 is 20.1 Å². The molecule has 0 spiro atoms. The largest absolute Gasteiger partial charge is 0.497 e. The predicted molar refractivity (Wildman–Crippen MR) is 109 cm³/mol. The van der Waals surface area contributed by atoms with Gasteiger partial charge in [0.15, 0.2) is 11.5 Å². The Morgan fingerprint density at radius 3 is 2.29 bits per heavy atom. The number of methoxy groups -OCH3 is 2. The minimum atomic E-state index is -0.380. The number of nitrogens with one attached hydrogen (secondary N) is 2. The van der Waals surface area contributed by atoms with Crippen molar-refractivity contribution in [2.24, 2.45) is 0 Å². The van der Waals surface area contributed by atoms with Crippen molar-refractivity contribution in [3.8, 4) is 11.5 Å². The van der Waals surface area contributed by atoms with Gasteiger partial charge < -0.3 is 20.1 Å². The van der Waals surface area contributed by atoms with Gasteiger partial charge in [-0.2, -0.15) is 0 Å². The number of rotatable bonds is 6. The normalized spacial score (nSPS) is 10.3. The van der Waals surface area contributed by atoms with Gasteiger partial charge in [0.2, 0.25) is 0 Å². The maximum atomic E-state index is 12.5. The van der Waals surface area contributed by atoms with Crippen LogP contribution in [0.4, 0.5) is 17.2 Å². The molecule has 0 saturated heterocycles. The maximum Gasteiger partial charge on any atom is 0.276 e. The maximum absolute atomic E-state index is 12.5. The number of nitrogens with zero attached hydrogens (tertiary/aromatic N) is 2. The number of amides is 1. The average Bonchev–Trinajstić information content (AvgIpc) is 2.71. The van der Waals surface area contributed by atoms with Crippen LogP contribution in [-0.2, 0) is 0 Å². The van der Waals surface area contributed by atoms with Crippen molar-refractivity contribution < 1.29 is 14.3 Å². The van der Waals surface area contributed by atoms with Crippen molar-refractivity contribution in [1.29, 1.82) is 0 Å². The van der Waals surface area contributed by atoms with Gasteiger partial charge in [-0.25, -0.2) is 0 Å². The van der Waals surface area contributed by atoms with Gasteiger partial charge in [-0.3, -0.25) is 4.79 Å². The number of carbonyl (C=O) groups excluding carboxylic acids is 1. The van der Waals surface area contributed by atoms with E-state index in [1.807, 2.05) is 32.0 Å². The molecule has 0 saturated carbocycles. The fraction of sp³-hybridized carbons (Fsp3) is 0.190. The van der Waals surface area contributed by atoms with Crippen molar-refractivity contribution in [3.63, 3.8) is 0 Å². The Kier molecular flexibility index (Phi) is 5.74. The first-order chi connectivity index (χ1) is 13.5. The molecule has 1 amide bonds. The van der Waals surface area contributed by atoms with E-state index in [2.05, 4.69) is 20.8 Å². The quantitative estimate of drug-likeness (QED) is 0.671. The molecule has 7 heteroatoms. The van der Waals surface area contributed by atoms with Crippen LogP contribution in [0.25, 0.3) is 0 Å². The Hall–Kier alpha value is -3.61. The molecule has 0 unspecified atom stereocenters. The molecule has 144 valence electrons. The van der Waals surface area contributed by atoms with Gasteiger partial charge in [0.25, 0.3) is 5.91 Å². The summed E-state index contributed by atoms with van der Waals surface area (Å²) in [6.07, 6.45) is 0. The fourth-order valence-electron chi connectivity index (χ4n) is 2.75. The van der Waals surface area contributed by atoms with Gasteiger partial charge in [-0.15, -0.1) is 10.2 Å². The lowest BCUT2D eigenvalue weighted by molar-refractivity contribution is 0.102. The number of hydrogen-bond donors (Lipinski definition) is 2. The number of aromatic nitrogens is 2. The van der Waals surface area contributed by atoms with E-state index in [1.54, 1.807) is 37.4 Å². The highest BCUT2D eigenvalue weighted by atomic mass is 16.5. The Balaban J connectivity index is 1.74. The predicted octanol–water partition coefficient (Wildman–Crippen LogP) is 4.11. The zero-order chi connectivity index (χ0) is 20.1. The first-order valence-electron chi connectivity index (χ1n) is 8.72. The molecule has 0 aliphatic carbocycles. The molecule has 28 heavy (non-hydrogen) atoms. The van der Waals surface area contributed by atoms with E-state index in [0.717, 1.165) is 16.8 Å². The third kappa shape index (κ3) is 4.20. The molecule has 7 nitrogen and oxygen atoms in total. The van der Waals surface area contributed by atoms with E-state index in [0.29, 0.717) is 23.0 Å². The van der Waals surface area contributed by atoms with Crippen molar-refractivity contribution in [2.45, 2.75) is 13.8 Å². The fourth-order valence-corrected chi connectivity index (χ4v) is 2.75. The summed E-state index contributed by atoms with van der Waals surface area (Å²) in [5, 5.41) is 14.2. The van der Waals surface area contributed by atoms with Crippen LogP contribution in [0.15, 0.2) is 48.5 Å². The molecule has 3 aromatic rings. The van der Waals surface area contributed by atoms with Crippen LogP contribution in [0.2, 0.25) is 0 Å².